The predicted molar refractivity (Wildman–Crippen MR) is 261 cm³/mol. The maximum Gasteiger partial charge on any atom is 0.306 e. The van der Waals surface area contributed by atoms with E-state index in [4.69, 9.17) is 14.2 Å². The van der Waals surface area contributed by atoms with Crippen molar-refractivity contribution in [1.82, 2.24) is 0 Å². The van der Waals surface area contributed by atoms with Gasteiger partial charge in [0.1, 0.15) is 6.61 Å². The second kappa shape index (κ2) is 51.2. The third-order valence-corrected chi connectivity index (χ3v) is 11.3. The summed E-state index contributed by atoms with van der Waals surface area (Å²) in [6.07, 6.45) is 62.6. The molecule has 0 aliphatic rings. The Bertz CT molecular complexity index is 997. The second-order valence-corrected chi connectivity index (χ2v) is 17.4. The van der Waals surface area contributed by atoms with Crippen LogP contribution in [0.25, 0.3) is 0 Å². The maximum absolute atomic E-state index is 12.8. The van der Waals surface area contributed by atoms with Gasteiger partial charge in [0.2, 0.25) is 0 Å². The van der Waals surface area contributed by atoms with Gasteiger partial charge in [-0.15, -0.1) is 0 Å². The Kier molecular flexibility index (Phi) is 49.4. The molecule has 0 fully saturated rings. The summed E-state index contributed by atoms with van der Waals surface area (Å²) in [6.45, 7) is 7.71. The molecule has 5 nitrogen and oxygen atoms in total. The summed E-state index contributed by atoms with van der Waals surface area (Å²) in [5.74, 6) is -0.408. The van der Waals surface area contributed by atoms with Crippen LogP contribution in [0, 0.1) is 0 Å². The number of allylic oxidation sites excluding steroid dienone is 8. The molecule has 1 unspecified atom stereocenters. The average Bonchev–Trinajstić information content (AvgIpc) is 3.25. The molecule has 1 atom stereocenters. The first-order chi connectivity index (χ1) is 29.6. The highest BCUT2D eigenvalue weighted by Gasteiger charge is 2.17. The Morgan fingerprint density at radius 1 is 0.383 bits per heavy atom. The van der Waals surface area contributed by atoms with Crippen LogP contribution in [-0.4, -0.2) is 37.9 Å². The third kappa shape index (κ3) is 48.5. The lowest BCUT2D eigenvalue weighted by Gasteiger charge is -2.18. The molecular weight excluding hydrogens is 741 g/mol. The number of hydrogen-bond donors (Lipinski definition) is 0. The molecule has 0 rings (SSSR count). The zero-order valence-corrected chi connectivity index (χ0v) is 40.2. The van der Waals surface area contributed by atoms with Crippen molar-refractivity contribution in [2.24, 2.45) is 0 Å². The molecule has 350 valence electrons. The quantitative estimate of drug-likeness (QED) is 0.0347. The van der Waals surface area contributed by atoms with Crippen LogP contribution in [0.1, 0.15) is 265 Å². The summed E-state index contributed by atoms with van der Waals surface area (Å²) in [5.41, 5.74) is 0. The summed E-state index contributed by atoms with van der Waals surface area (Å²) in [7, 11) is 0. The number of carbonyl (C=O) groups excluding carboxylic acids is 2. The van der Waals surface area contributed by atoms with E-state index in [1.807, 2.05) is 0 Å². The van der Waals surface area contributed by atoms with Crippen molar-refractivity contribution in [3.05, 3.63) is 48.6 Å². The zero-order valence-electron chi connectivity index (χ0n) is 40.2. The van der Waals surface area contributed by atoms with Crippen LogP contribution in [0.2, 0.25) is 0 Å². The Balaban J connectivity index is 4.28. The predicted octanol–water partition coefficient (Wildman–Crippen LogP) is 17.6. The van der Waals surface area contributed by atoms with Crippen LogP contribution in [0.4, 0.5) is 0 Å². The van der Waals surface area contributed by atoms with E-state index in [0.29, 0.717) is 19.4 Å². The monoisotopic (exact) mass is 841 g/mol. The SMILES string of the molecule is CC/C=C\C/C=C\C/C=C\CCCCCCCC(=O)OCC(COCCCCCCCC/C=C\CCCCCC)OC(=O)CCCCCCCCCCCCCCCCC. The van der Waals surface area contributed by atoms with E-state index in [9.17, 15) is 9.59 Å². The van der Waals surface area contributed by atoms with Crippen molar-refractivity contribution in [3.8, 4) is 0 Å². The number of unbranched alkanes of at least 4 members (excludes halogenated alkanes) is 29. The molecule has 0 N–H and O–H groups in total. The number of hydrogen-bond acceptors (Lipinski definition) is 5. The Morgan fingerprint density at radius 3 is 1.23 bits per heavy atom. The van der Waals surface area contributed by atoms with Crippen LogP contribution in [0.15, 0.2) is 48.6 Å². The van der Waals surface area contributed by atoms with Gasteiger partial charge < -0.3 is 14.2 Å². The molecule has 0 saturated heterocycles. The van der Waals surface area contributed by atoms with Gasteiger partial charge >= 0.3 is 11.9 Å². The fourth-order valence-electron chi connectivity index (χ4n) is 7.46. The van der Waals surface area contributed by atoms with Crippen molar-refractivity contribution < 1.29 is 23.8 Å². The molecule has 60 heavy (non-hydrogen) atoms. The molecule has 0 radical (unpaired) electrons. The van der Waals surface area contributed by atoms with Gasteiger partial charge in [-0.25, -0.2) is 0 Å². The molecular formula is C55H100O5. The number of ether oxygens (including phenoxy) is 3. The topological polar surface area (TPSA) is 61.8 Å². The van der Waals surface area contributed by atoms with E-state index < -0.39 is 6.10 Å². The number of carbonyl (C=O) groups is 2. The average molecular weight is 841 g/mol. The van der Waals surface area contributed by atoms with Crippen LogP contribution in [-0.2, 0) is 23.8 Å². The van der Waals surface area contributed by atoms with Crippen molar-refractivity contribution in [2.45, 2.75) is 271 Å². The Morgan fingerprint density at radius 2 is 0.750 bits per heavy atom. The second-order valence-electron chi connectivity index (χ2n) is 17.4. The number of rotatable bonds is 48. The van der Waals surface area contributed by atoms with Gasteiger partial charge in [0.05, 0.1) is 6.61 Å². The lowest BCUT2D eigenvalue weighted by molar-refractivity contribution is -0.163. The van der Waals surface area contributed by atoms with Crippen LogP contribution >= 0.6 is 0 Å². The summed E-state index contributed by atoms with van der Waals surface area (Å²) >= 11 is 0. The van der Waals surface area contributed by atoms with Gasteiger partial charge in [0, 0.05) is 19.4 Å². The minimum atomic E-state index is -0.543. The van der Waals surface area contributed by atoms with E-state index in [1.54, 1.807) is 0 Å². The lowest BCUT2D eigenvalue weighted by Crippen LogP contribution is -2.30. The fraction of sp³-hybridized carbons (Fsp3) is 0.818. The fourth-order valence-corrected chi connectivity index (χ4v) is 7.46. The standard InChI is InChI=1S/C55H100O5/c1-4-7-10-13-16-19-22-25-28-30-33-36-39-42-45-48-54(56)59-52-53(51-58-50-47-44-41-38-35-32-27-24-21-18-15-12-9-6-3)60-55(57)49-46-43-40-37-34-31-29-26-23-20-17-14-11-8-5-2/h7,10,16,19,21,24-25,28,53H,4-6,8-9,11-15,17-18,20,22-23,26-27,29-52H2,1-3H3/b10-7-,19-16-,24-21-,28-25-. The first kappa shape index (κ1) is 57.9. The first-order valence-electron chi connectivity index (χ1n) is 26.2. The smallest absolute Gasteiger partial charge is 0.306 e. The lowest BCUT2D eigenvalue weighted by atomic mass is 10.0. The number of esters is 2. The van der Waals surface area contributed by atoms with Gasteiger partial charge in [-0.3, -0.25) is 9.59 Å². The van der Waals surface area contributed by atoms with Gasteiger partial charge in [0.25, 0.3) is 0 Å². The summed E-state index contributed by atoms with van der Waals surface area (Å²) < 4.78 is 17.4. The molecule has 0 heterocycles. The molecule has 0 spiro atoms. The van der Waals surface area contributed by atoms with Crippen LogP contribution in [0.5, 0.6) is 0 Å². The molecule has 0 aliphatic carbocycles. The zero-order chi connectivity index (χ0) is 43.5. The van der Waals surface area contributed by atoms with Gasteiger partial charge in [-0.2, -0.15) is 0 Å². The van der Waals surface area contributed by atoms with Crippen molar-refractivity contribution in [2.75, 3.05) is 19.8 Å². The van der Waals surface area contributed by atoms with Crippen molar-refractivity contribution in [1.29, 1.82) is 0 Å². The maximum atomic E-state index is 12.8. The van der Waals surface area contributed by atoms with Crippen LogP contribution in [0.3, 0.4) is 0 Å². The molecule has 5 heteroatoms. The van der Waals surface area contributed by atoms with Crippen LogP contribution < -0.4 is 0 Å². The Labute approximate surface area is 373 Å². The van der Waals surface area contributed by atoms with Gasteiger partial charge in [-0.1, -0.05) is 223 Å². The largest absolute Gasteiger partial charge is 0.462 e. The van der Waals surface area contributed by atoms with E-state index in [2.05, 4.69) is 69.4 Å². The molecule has 0 aromatic heterocycles. The van der Waals surface area contributed by atoms with Crippen molar-refractivity contribution in [3.63, 3.8) is 0 Å². The van der Waals surface area contributed by atoms with Crippen molar-refractivity contribution >= 4 is 11.9 Å². The normalized spacial score (nSPS) is 12.5. The highest BCUT2D eigenvalue weighted by molar-refractivity contribution is 5.70. The summed E-state index contributed by atoms with van der Waals surface area (Å²) in [5, 5.41) is 0. The minimum absolute atomic E-state index is 0.0770. The Hall–Kier alpha value is -2.14. The van der Waals surface area contributed by atoms with E-state index in [-0.39, 0.29) is 25.2 Å². The van der Waals surface area contributed by atoms with E-state index in [1.165, 1.54) is 161 Å². The summed E-state index contributed by atoms with van der Waals surface area (Å²) in [6, 6.07) is 0. The van der Waals surface area contributed by atoms with E-state index >= 15 is 0 Å². The highest BCUT2D eigenvalue weighted by atomic mass is 16.6. The van der Waals surface area contributed by atoms with Gasteiger partial charge in [-0.05, 0) is 77.0 Å². The van der Waals surface area contributed by atoms with Gasteiger partial charge in [0.15, 0.2) is 6.10 Å². The molecule has 0 amide bonds. The minimum Gasteiger partial charge on any atom is -0.462 e. The first-order valence-corrected chi connectivity index (χ1v) is 26.2. The van der Waals surface area contributed by atoms with E-state index in [0.717, 1.165) is 70.6 Å². The molecule has 0 aliphatic heterocycles. The summed E-state index contributed by atoms with van der Waals surface area (Å²) in [4.78, 5) is 25.4. The molecule has 0 aromatic carbocycles. The molecule has 0 saturated carbocycles. The third-order valence-electron chi connectivity index (χ3n) is 11.3. The molecule has 0 bridgehead atoms. The highest BCUT2D eigenvalue weighted by Crippen LogP contribution is 2.15. The molecule has 0 aromatic rings.